The average molecular weight is 338 g/mol. The van der Waals surface area contributed by atoms with Crippen LogP contribution in [0.5, 0.6) is 0 Å². The van der Waals surface area contributed by atoms with Crippen molar-refractivity contribution in [2.75, 3.05) is 0 Å². The van der Waals surface area contributed by atoms with Crippen LogP contribution in [-0.2, 0) is 13.0 Å². The fourth-order valence-electron chi connectivity index (χ4n) is 2.92. The van der Waals surface area contributed by atoms with Crippen LogP contribution in [-0.4, -0.2) is 20.7 Å². The quantitative estimate of drug-likeness (QED) is 0.572. The normalized spacial score (nSPS) is 12.2. The molecule has 6 heteroatoms. The van der Waals surface area contributed by atoms with Gasteiger partial charge in [-0.15, -0.1) is 0 Å². The number of rotatable bonds is 5. The molecule has 6 nitrogen and oxygen atoms in total. The lowest BCUT2D eigenvalue weighted by Gasteiger charge is -2.13. The molecule has 1 heterocycles. The van der Waals surface area contributed by atoms with Gasteiger partial charge in [-0.05, 0) is 23.3 Å². The molecule has 0 aliphatic carbocycles. The third kappa shape index (κ3) is 3.75. The molecule has 0 saturated heterocycles. The standard InChI is InChI=1S/C19H18N2O4/c1-13-8-19(23)20(12-18(13)21(24)25)11-17(22)10-14-6-7-15-4-2-3-5-16(15)9-14/h2-9,12,17,22H,10-11H2,1H3/t17-/m0/s1. The molecule has 0 aliphatic heterocycles. The van der Waals surface area contributed by atoms with Gasteiger partial charge in [0.05, 0.1) is 23.8 Å². The lowest BCUT2D eigenvalue weighted by atomic mass is 10.0. The summed E-state index contributed by atoms with van der Waals surface area (Å²) < 4.78 is 1.19. The molecule has 0 amide bonds. The molecule has 0 unspecified atom stereocenters. The first-order chi connectivity index (χ1) is 11.9. The summed E-state index contributed by atoms with van der Waals surface area (Å²) in [6, 6.07) is 15.1. The van der Waals surface area contributed by atoms with Gasteiger partial charge in [0.25, 0.3) is 11.2 Å². The van der Waals surface area contributed by atoms with Gasteiger partial charge in [-0.1, -0.05) is 42.5 Å². The second-order valence-electron chi connectivity index (χ2n) is 6.13. The number of fused-ring (bicyclic) bond motifs is 1. The minimum absolute atomic E-state index is 0.00673. The van der Waals surface area contributed by atoms with E-state index in [0.717, 1.165) is 16.3 Å². The maximum atomic E-state index is 12.0. The molecule has 0 saturated carbocycles. The van der Waals surface area contributed by atoms with E-state index in [0.29, 0.717) is 12.0 Å². The fraction of sp³-hybridized carbons (Fsp3) is 0.211. The highest BCUT2D eigenvalue weighted by atomic mass is 16.6. The van der Waals surface area contributed by atoms with E-state index in [2.05, 4.69) is 0 Å². The fourth-order valence-corrected chi connectivity index (χ4v) is 2.92. The van der Waals surface area contributed by atoms with Crippen molar-refractivity contribution in [2.24, 2.45) is 0 Å². The van der Waals surface area contributed by atoms with Gasteiger partial charge < -0.3 is 9.67 Å². The van der Waals surface area contributed by atoms with E-state index in [1.807, 2.05) is 42.5 Å². The number of nitro groups is 1. The molecular formula is C19H18N2O4. The summed E-state index contributed by atoms with van der Waals surface area (Å²) in [6.45, 7) is 1.53. The minimum atomic E-state index is -0.818. The molecule has 0 spiro atoms. The molecule has 2 aromatic carbocycles. The molecule has 1 N–H and O–H groups in total. The highest BCUT2D eigenvalue weighted by Crippen LogP contribution is 2.18. The number of aliphatic hydroxyl groups is 1. The first-order valence-electron chi connectivity index (χ1n) is 7.95. The van der Waals surface area contributed by atoms with E-state index in [1.165, 1.54) is 23.8 Å². The van der Waals surface area contributed by atoms with Crippen LogP contribution in [0.1, 0.15) is 11.1 Å². The van der Waals surface area contributed by atoms with Crippen LogP contribution in [0.15, 0.2) is 59.5 Å². The monoisotopic (exact) mass is 338 g/mol. The molecule has 0 fully saturated rings. The number of aryl methyl sites for hydroxylation is 1. The third-order valence-corrected chi connectivity index (χ3v) is 4.19. The smallest absolute Gasteiger partial charge is 0.288 e. The third-order valence-electron chi connectivity index (χ3n) is 4.19. The van der Waals surface area contributed by atoms with E-state index in [4.69, 9.17) is 0 Å². The summed E-state index contributed by atoms with van der Waals surface area (Å²) in [7, 11) is 0. The second-order valence-corrected chi connectivity index (χ2v) is 6.13. The number of hydrogen-bond donors (Lipinski definition) is 1. The molecule has 0 radical (unpaired) electrons. The first kappa shape index (κ1) is 16.9. The van der Waals surface area contributed by atoms with Crippen LogP contribution in [0.3, 0.4) is 0 Å². The van der Waals surface area contributed by atoms with E-state index in [9.17, 15) is 20.0 Å². The summed E-state index contributed by atoms with van der Waals surface area (Å²) >= 11 is 0. The van der Waals surface area contributed by atoms with E-state index in [1.54, 1.807) is 0 Å². The zero-order chi connectivity index (χ0) is 18.0. The average Bonchev–Trinajstić information content (AvgIpc) is 2.57. The Hall–Kier alpha value is -2.99. The van der Waals surface area contributed by atoms with Crippen LogP contribution in [0, 0.1) is 17.0 Å². The number of hydrogen-bond acceptors (Lipinski definition) is 4. The summed E-state index contributed by atoms with van der Waals surface area (Å²) in [4.78, 5) is 22.5. The Morgan fingerprint density at radius 1 is 1.16 bits per heavy atom. The van der Waals surface area contributed by atoms with Gasteiger partial charge in [-0.3, -0.25) is 14.9 Å². The number of pyridine rings is 1. The Labute approximate surface area is 144 Å². The van der Waals surface area contributed by atoms with Gasteiger partial charge >= 0.3 is 0 Å². The molecule has 3 aromatic rings. The highest BCUT2D eigenvalue weighted by molar-refractivity contribution is 5.82. The maximum absolute atomic E-state index is 12.0. The zero-order valence-corrected chi connectivity index (χ0v) is 13.8. The van der Waals surface area contributed by atoms with E-state index >= 15 is 0 Å². The van der Waals surface area contributed by atoms with Crippen molar-refractivity contribution >= 4 is 16.5 Å². The van der Waals surface area contributed by atoms with Gasteiger partial charge in [-0.25, -0.2) is 0 Å². The topological polar surface area (TPSA) is 85.4 Å². The maximum Gasteiger partial charge on any atom is 0.288 e. The van der Waals surface area contributed by atoms with E-state index < -0.39 is 11.0 Å². The minimum Gasteiger partial charge on any atom is -0.391 e. The second kappa shape index (κ2) is 6.86. The predicted octanol–water partition coefficient (Wildman–Crippen LogP) is 2.82. The lowest BCUT2D eigenvalue weighted by molar-refractivity contribution is -0.386. The predicted molar refractivity (Wildman–Crippen MR) is 95.8 cm³/mol. The molecule has 0 bridgehead atoms. The number of aromatic nitrogens is 1. The number of nitrogens with zero attached hydrogens (tertiary/aromatic N) is 2. The Balaban J connectivity index is 1.79. The van der Waals surface area contributed by atoms with E-state index in [-0.39, 0.29) is 17.8 Å². The van der Waals surface area contributed by atoms with Gasteiger partial charge in [-0.2, -0.15) is 0 Å². The van der Waals surface area contributed by atoms with Gasteiger partial charge in [0.1, 0.15) is 0 Å². The Morgan fingerprint density at radius 2 is 1.88 bits per heavy atom. The zero-order valence-electron chi connectivity index (χ0n) is 13.8. The molecule has 3 rings (SSSR count). The van der Waals surface area contributed by atoms with Crippen LogP contribution in [0.25, 0.3) is 10.8 Å². The summed E-state index contributed by atoms with van der Waals surface area (Å²) in [6.07, 6.45) is 0.737. The summed E-state index contributed by atoms with van der Waals surface area (Å²) in [5, 5.41) is 23.5. The Kier molecular flexibility index (Phi) is 4.63. The molecular weight excluding hydrogens is 320 g/mol. The lowest BCUT2D eigenvalue weighted by Crippen LogP contribution is -2.27. The Bertz CT molecular complexity index is 994. The molecule has 25 heavy (non-hydrogen) atoms. The van der Waals surface area contributed by atoms with Crippen molar-refractivity contribution in [3.8, 4) is 0 Å². The first-order valence-corrected chi connectivity index (χ1v) is 7.95. The van der Waals surface area contributed by atoms with Gasteiger partial charge in [0.15, 0.2) is 0 Å². The molecule has 0 aliphatic rings. The van der Waals surface area contributed by atoms with Crippen LogP contribution in [0.4, 0.5) is 5.69 Å². The molecule has 1 atom stereocenters. The van der Waals surface area contributed by atoms with Gasteiger partial charge in [0.2, 0.25) is 0 Å². The van der Waals surface area contributed by atoms with Crippen LogP contribution in [0.2, 0.25) is 0 Å². The SMILES string of the molecule is Cc1cc(=O)n(C[C@@H](O)Cc2ccc3ccccc3c2)cc1[N+](=O)[O-]. The van der Waals surface area contributed by atoms with Crippen molar-refractivity contribution in [3.63, 3.8) is 0 Å². The number of aliphatic hydroxyl groups excluding tert-OH is 1. The van der Waals surface area contributed by atoms with Crippen LogP contribution >= 0.6 is 0 Å². The number of benzene rings is 2. The van der Waals surface area contributed by atoms with Crippen molar-refractivity contribution < 1.29 is 10.0 Å². The Morgan fingerprint density at radius 3 is 2.60 bits per heavy atom. The van der Waals surface area contributed by atoms with Crippen molar-refractivity contribution in [1.82, 2.24) is 4.57 Å². The van der Waals surface area contributed by atoms with Gasteiger partial charge in [0, 0.05) is 18.1 Å². The van der Waals surface area contributed by atoms with Crippen molar-refractivity contribution in [1.29, 1.82) is 0 Å². The summed E-state index contributed by atoms with van der Waals surface area (Å²) in [5.74, 6) is 0. The molecule has 1 aromatic heterocycles. The highest BCUT2D eigenvalue weighted by Gasteiger charge is 2.15. The van der Waals surface area contributed by atoms with Crippen molar-refractivity contribution in [2.45, 2.75) is 26.0 Å². The summed E-state index contributed by atoms with van der Waals surface area (Å²) in [5.41, 5.74) is 0.772. The largest absolute Gasteiger partial charge is 0.391 e. The molecule has 128 valence electrons. The van der Waals surface area contributed by atoms with Crippen molar-refractivity contribution in [3.05, 3.63) is 86.3 Å². The van der Waals surface area contributed by atoms with Crippen LogP contribution < -0.4 is 5.56 Å².